The molecule has 1 atom stereocenters. The number of nitro benzene ring substituents is 1. The minimum atomic E-state index is -0.449. The second-order valence-electron chi connectivity index (χ2n) is 4.79. The first-order valence-electron chi connectivity index (χ1n) is 6.35. The summed E-state index contributed by atoms with van der Waals surface area (Å²) in [6, 6.07) is 9.12. The van der Waals surface area contributed by atoms with E-state index in [0.29, 0.717) is 15.7 Å². The average Bonchev–Trinajstić information content (AvgIpc) is 2.40. The van der Waals surface area contributed by atoms with Gasteiger partial charge in [-0.2, -0.15) is 0 Å². The molecule has 6 heteroatoms. The first-order chi connectivity index (χ1) is 9.88. The second kappa shape index (κ2) is 6.22. The van der Waals surface area contributed by atoms with Crippen LogP contribution in [0.4, 0.5) is 15.8 Å². The zero-order chi connectivity index (χ0) is 15.6. The number of halogens is 2. The summed E-state index contributed by atoms with van der Waals surface area (Å²) in [6.45, 7) is 3.65. The molecule has 0 aliphatic rings. The van der Waals surface area contributed by atoms with Crippen molar-refractivity contribution < 1.29 is 9.31 Å². The average molecular weight is 353 g/mol. The Morgan fingerprint density at radius 3 is 2.62 bits per heavy atom. The van der Waals surface area contributed by atoms with Crippen molar-refractivity contribution in [2.24, 2.45) is 0 Å². The van der Waals surface area contributed by atoms with Crippen LogP contribution >= 0.6 is 15.9 Å². The van der Waals surface area contributed by atoms with Crippen LogP contribution in [-0.2, 0) is 0 Å². The van der Waals surface area contributed by atoms with Crippen LogP contribution in [0, 0.1) is 22.9 Å². The molecule has 0 saturated carbocycles. The number of anilines is 1. The Bertz CT molecular complexity index is 691. The first-order valence-corrected chi connectivity index (χ1v) is 7.14. The molecule has 0 aromatic heterocycles. The van der Waals surface area contributed by atoms with E-state index in [-0.39, 0.29) is 17.5 Å². The molecule has 1 unspecified atom stereocenters. The molecule has 21 heavy (non-hydrogen) atoms. The van der Waals surface area contributed by atoms with Crippen LogP contribution in [0.15, 0.2) is 40.9 Å². The van der Waals surface area contributed by atoms with Gasteiger partial charge in [0.15, 0.2) is 0 Å². The molecule has 0 saturated heterocycles. The van der Waals surface area contributed by atoms with Gasteiger partial charge in [0, 0.05) is 27.9 Å². The lowest BCUT2D eigenvalue weighted by molar-refractivity contribution is -0.384. The highest BCUT2D eigenvalue weighted by Crippen LogP contribution is 2.28. The van der Waals surface area contributed by atoms with Gasteiger partial charge < -0.3 is 5.32 Å². The van der Waals surface area contributed by atoms with Gasteiger partial charge in [-0.1, -0.05) is 28.1 Å². The summed E-state index contributed by atoms with van der Waals surface area (Å²) in [7, 11) is 0. The van der Waals surface area contributed by atoms with Crippen LogP contribution < -0.4 is 5.32 Å². The lowest BCUT2D eigenvalue weighted by Gasteiger charge is -2.18. The van der Waals surface area contributed by atoms with Gasteiger partial charge >= 0.3 is 0 Å². The fourth-order valence-corrected chi connectivity index (χ4v) is 2.38. The molecule has 0 aliphatic carbocycles. The van der Waals surface area contributed by atoms with Gasteiger partial charge in [0.1, 0.15) is 5.82 Å². The van der Waals surface area contributed by atoms with Gasteiger partial charge in [-0.25, -0.2) is 4.39 Å². The Hall–Kier alpha value is -1.95. The van der Waals surface area contributed by atoms with E-state index in [4.69, 9.17) is 0 Å². The van der Waals surface area contributed by atoms with Crippen LogP contribution in [0.25, 0.3) is 0 Å². The number of rotatable bonds is 4. The summed E-state index contributed by atoms with van der Waals surface area (Å²) in [4.78, 5) is 10.4. The zero-order valence-electron chi connectivity index (χ0n) is 11.6. The smallest absolute Gasteiger partial charge is 0.271 e. The van der Waals surface area contributed by atoms with E-state index >= 15 is 0 Å². The third-order valence-corrected chi connectivity index (χ3v) is 3.73. The summed E-state index contributed by atoms with van der Waals surface area (Å²) >= 11 is 3.21. The molecule has 0 fully saturated rings. The van der Waals surface area contributed by atoms with Crippen molar-refractivity contribution in [3.63, 3.8) is 0 Å². The predicted octanol–water partition coefficient (Wildman–Crippen LogP) is 4.98. The van der Waals surface area contributed by atoms with E-state index in [1.165, 1.54) is 18.2 Å². The van der Waals surface area contributed by atoms with E-state index < -0.39 is 4.92 Å². The van der Waals surface area contributed by atoms with Gasteiger partial charge in [-0.15, -0.1) is 0 Å². The molecule has 2 aromatic rings. The Kier molecular flexibility index (Phi) is 4.57. The van der Waals surface area contributed by atoms with Crippen molar-refractivity contribution in [1.82, 2.24) is 0 Å². The molecule has 0 heterocycles. The van der Waals surface area contributed by atoms with Crippen molar-refractivity contribution in [3.8, 4) is 0 Å². The monoisotopic (exact) mass is 352 g/mol. The second-order valence-corrected chi connectivity index (χ2v) is 5.70. The van der Waals surface area contributed by atoms with Crippen LogP contribution in [-0.4, -0.2) is 4.92 Å². The van der Waals surface area contributed by atoms with Gasteiger partial charge in [0.2, 0.25) is 0 Å². The fraction of sp³-hybridized carbons (Fsp3) is 0.200. The molecule has 2 aromatic carbocycles. The summed E-state index contributed by atoms with van der Waals surface area (Å²) in [5, 5.41) is 13.9. The number of non-ortho nitro benzene ring substituents is 1. The van der Waals surface area contributed by atoms with Gasteiger partial charge in [0.05, 0.1) is 11.0 Å². The third kappa shape index (κ3) is 3.58. The molecule has 0 radical (unpaired) electrons. The van der Waals surface area contributed by atoms with E-state index in [1.54, 1.807) is 18.2 Å². The standard InChI is InChI=1S/C15H14BrFN2O2/c1-9-3-5-12(19(20)21)8-15(9)18-10(2)13-6-4-11(16)7-14(13)17/h3-8,10,18H,1-2H3. The maximum atomic E-state index is 13.9. The number of nitrogens with zero attached hydrogens (tertiary/aromatic N) is 1. The number of nitrogens with one attached hydrogen (secondary N) is 1. The maximum absolute atomic E-state index is 13.9. The molecular formula is C15H14BrFN2O2. The molecule has 0 spiro atoms. The van der Waals surface area contributed by atoms with Crippen LogP contribution in [0.2, 0.25) is 0 Å². The molecule has 0 aliphatic heterocycles. The minimum Gasteiger partial charge on any atom is -0.378 e. The summed E-state index contributed by atoms with van der Waals surface area (Å²) in [5.74, 6) is -0.326. The molecule has 0 amide bonds. The normalized spacial score (nSPS) is 12.0. The number of hydrogen-bond donors (Lipinski definition) is 1. The molecule has 110 valence electrons. The molecule has 0 bridgehead atoms. The van der Waals surface area contributed by atoms with Gasteiger partial charge in [-0.05, 0) is 31.5 Å². The quantitative estimate of drug-likeness (QED) is 0.623. The van der Waals surface area contributed by atoms with Crippen molar-refractivity contribution in [3.05, 3.63) is 67.9 Å². The number of hydrogen-bond acceptors (Lipinski definition) is 3. The summed E-state index contributed by atoms with van der Waals surface area (Å²) < 4.78 is 14.6. The predicted molar refractivity (Wildman–Crippen MR) is 84.0 cm³/mol. The molecule has 4 nitrogen and oxygen atoms in total. The van der Waals surface area contributed by atoms with Gasteiger partial charge in [-0.3, -0.25) is 10.1 Å². The highest BCUT2D eigenvalue weighted by molar-refractivity contribution is 9.10. The van der Waals surface area contributed by atoms with Crippen molar-refractivity contribution in [2.75, 3.05) is 5.32 Å². The molecule has 2 rings (SSSR count). The molecular weight excluding hydrogens is 339 g/mol. The van der Waals surface area contributed by atoms with E-state index in [2.05, 4.69) is 21.2 Å². The van der Waals surface area contributed by atoms with Crippen molar-refractivity contribution in [2.45, 2.75) is 19.9 Å². The highest BCUT2D eigenvalue weighted by Gasteiger charge is 2.14. The number of nitro groups is 1. The fourth-order valence-electron chi connectivity index (χ4n) is 2.04. The Morgan fingerprint density at radius 2 is 2.00 bits per heavy atom. The lowest BCUT2D eigenvalue weighted by atomic mass is 10.1. The Morgan fingerprint density at radius 1 is 1.29 bits per heavy atom. The van der Waals surface area contributed by atoms with Crippen LogP contribution in [0.5, 0.6) is 0 Å². The number of benzene rings is 2. The maximum Gasteiger partial charge on any atom is 0.271 e. The van der Waals surface area contributed by atoms with Crippen LogP contribution in [0.1, 0.15) is 24.1 Å². The zero-order valence-corrected chi connectivity index (χ0v) is 13.1. The van der Waals surface area contributed by atoms with Crippen molar-refractivity contribution >= 4 is 27.3 Å². The summed E-state index contributed by atoms with van der Waals surface area (Å²) in [6.07, 6.45) is 0. The molecule has 1 N–H and O–H groups in total. The largest absolute Gasteiger partial charge is 0.378 e. The van der Waals surface area contributed by atoms with E-state index in [9.17, 15) is 14.5 Å². The van der Waals surface area contributed by atoms with Gasteiger partial charge in [0.25, 0.3) is 5.69 Å². The van der Waals surface area contributed by atoms with Crippen molar-refractivity contribution in [1.29, 1.82) is 0 Å². The third-order valence-electron chi connectivity index (χ3n) is 3.23. The Balaban J connectivity index is 2.28. The lowest BCUT2D eigenvalue weighted by Crippen LogP contribution is -2.09. The van der Waals surface area contributed by atoms with E-state index in [0.717, 1.165) is 5.56 Å². The highest BCUT2D eigenvalue weighted by atomic mass is 79.9. The van der Waals surface area contributed by atoms with Crippen LogP contribution in [0.3, 0.4) is 0 Å². The Labute approximate surface area is 130 Å². The first kappa shape index (κ1) is 15.4. The SMILES string of the molecule is Cc1ccc([N+](=O)[O-])cc1NC(C)c1ccc(Br)cc1F. The number of aryl methyl sites for hydroxylation is 1. The minimum absolute atomic E-state index is 0.00609. The van der Waals surface area contributed by atoms with E-state index in [1.807, 2.05) is 13.8 Å². The topological polar surface area (TPSA) is 55.2 Å². The summed E-state index contributed by atoms with van der Waals surface area (Å²) in [5.41, 5.74) is 2.00.